The van der Waals surface area contributed by atoms with Gasteiger partial charge in [0.25, 0.3) is 0 Å². The molecule has 0 aliphatic carbocycles. The van der Waals surface area contributed by atoms with Crippen molar-refractivity contribution in [3.8, 4) is 0 Å². The molecule has 0 aromatic carbocycles. The van der Waals surface area contributed by atoms with Gasteiger partial charge >= 0.3 is 0 Å². The van der Waals surface area contributed by atoms with E-state index in [9.17, 15) is 8.42 Å². The number of nitrogens with one attached hydrogen (secondary N) is 1. The highest BCUT2D eigenvalue weighted by molar-refractivity contribution is 7.89. The smallest absolute Gasteiger partial charge is 0.248 e. The van der Waals surface area contributed by atoms with Crippen molar-refractivity contribution in [3.05, 3.63) is 11.5 Å². The van der Waals surface area contributed by atoms with Crippen molar-refractivity contribution >= 4 is 22.4 Å². The zero-order valence-electron chi connectivity index (χ0n) is 9.76. The number of hydrogen-bond donors (Lipinski definition) is 1. The Labute approximate surface area is 107 Å². The molecule has 2 heterocycles. The molecule has 17 heavy (non-hydrogen) atoms. The molecule has 1 aliphatic heterocycles. The van der Waals surface area contributed by atoms with Gasteiger partial charge in [0, 0.05) is 26.2 Å². The number of halogens is 1. The predicted molar refractivity (Wildman–Crippen MR) is 64.9 cm³/mol. The van der Waals surface area contributed by atoms with Crippen LogP contribution in [0.1, 0.15) is 11.5 Å². The van der Waals surface area contributed by atoms with Crippen LogP contribution in [0.4, 0.5) is 0 Å². The molecule has 1 aliphatic rings. The van der Waals surface area contributed by atoms with Gasteiger partial charge in [0.05, 0.1) is 0 Å². The van der Waals surface area contributed by atoms with Crippen LogP contribution in [0.5, 0.6) is 0 Å². The second-order valence-corrected chi connectivity index (χ2v) is 5.68. The number of nitrogens with zero attached hydrogens (tertiary/aromatic N) is 2. The first-order valence-corrected chi connectivity index (χ1v) is 6.61. The van der Waals surface area contributed by atoms with E-state index in [-0.39, 0.29) is 17.3 Å². The van der Waals surface area contributed by atoms with E-state index in [0.29, 0.717) is 37.6 Å². The molecule has 2 rings (SSSR count). The maximum absolute atomic E-state index is 12.3. The lowest BCUT2D eigenvalue weighted by Gasteiger charge is -2.26. The third-order valence-electron chi connectivity index (χ3n) is 2.64. The average Bonchev–Trinajstić information content (AvgIpc) is 2.60. The fourth-order valence-corrected chi connectivity index (χ4v) is 3.59. The summed E-state index contributed by atoms with van der Waals surface area (Å²) in [5, 5.41) is 6.80. The molecule has 0 bridgehead atoms. The molecule has 0 radical (unpaired) electrons. The van der Waals surface area contributed by atoms with E-state index in [1.807, 2.05) is 0 Å². The normalized spacial score (nSPS) is 17.8. The Morgan fingerprint density at radius 3 is 2.35 bits per heavy atom. The molecular weight excluding hydrogens is 266 g/mol. The van der Waals surface area contributed by atoms with Crippen LogP contribution < -0.4 is 5.32 Å². The van der Waals surface area contributed by atoms with E-state index in [4.69, 9.17) is 4.52 Å². The highest BCUT2D eigenvalue weighted by atomic mass is 35.5. The molecule has 0 atom stereocenters. The van der Waals surface area contributed by atoms with Crippen molar-refractivity contribution in [3.63, 3.8) is 0 Å². The fourth-order valence-electron chi connectivity index (χ4n) is 1.86. The third kappa shape index (κ3) is 2.62. The first kappa shape index (κ1) is 14.4. The lowest BCUT2D eigenvalue weighted by Crippen LogP contribution is -2.46. The molecule has 1 fully saturated rings. The van der Waals surface area contributed by atoms with Gasteiger partial charge in [0.15, 0.2) is 5.76 Å². The Bertz CT molecular complexity index is 460. The Morgan fingerprint density at radius 1 is 1.29 bits per heavy atom. The molecule has 1 aromatic rings. The van der Waals surface area contributed by atoms with E-state index in [1.165, 1.54) is 4.31 Å². The summed E-state index contributed by atoms with van der Waals surface area (Å²) in [4.78, 5) is 0.217. The second kappa shape index (κ2) is 5.34. The van der Waals surface area contributed by atoms with Gasteiger partial charge in [-0.15, -0.1) is 12.4 Å². The number of hydrogen-bond acceptors (Lipinski definition) is 5. The van der Waals surface area contributed by atoms with Gasteiger partial charge in [0.2, 0.25) is 10.0 Å². The largest absolute Gasteiger partial charge is 0.360 e. The van der Waals surface area contributed by atoms with E-state index in [0.717, 1.165) is 0 Å². The highest BCUT2D eigenvalue weighted by Crippen LogP contribution is 2.23. The van der Waals surface area contributed by atoms with E-state index < -0.39 is 10.0 Å². The summed E-state index contributed by atoms with van der Waals surface area (Å²) in [6.45, 7) is 5.62. The van der Waals surface area contributed by atoms with Crippen molar-refractivity contribution in [2.24, 2.45) is 0 Å². The standard InChI is InChI=1S/C9H15N3O3S.ClH/c1-7-9(8(2)15-11-7)16(13,14)12-5-3-10-4-6-12;/h10H,3-6H2,1-2H3;1H. The molecule has 0 unspecified atom stereocenters. The van der Waals surface area contributed by atoms with Crippen LogP contribution in [0.2, 0.25) is 0 Å². The van der Waals surface area contributed by atoms with Crippen LogP contribution in [0, 0.1) is 13.8 Å². The summed E-state index contributed by atoms with van der Waals surface area (Å²) in [6.07, 6.45) is 0. The monoisotopic (exact) mass is 281 g/mol. The summed E-state index contributed by atoms with van der Waals surface area (Å²) >= 11 is 0. The number of rotatable bonds is 2. The summed E-state index contributed by atoms with van der Waals surface area (Å²) in [6, 6.07) is 0. The SMILES string of the molecule is Cc1noc(C)c1S(=O)(=O)N1CCNCC1.Cl. The molecule has 1 aromatic heterocycles. The molecule has 0 amide bonds. The minimum atomic E-state index is -3.44. The topological polar surface area (TPSA) is 75.4 Å². The predicted octanol–water partition coefficient (Wildman–Crippen LogP) is 0.307. The van der Waals surface area contributed by atoms with Crippen LogP contribution in [-0.2, 0) is 10.0 Å². The minimum absolute atomic E-state index is 0. The summed E-state index contributed by atoms with van der Waals surface area (Å²) < 4.78 is 30.9. The van der Waals surface area contributed by atoms with Crippen molar-refractivity contribution in [1.29, 1.82) is 0 Å². The lowest BCUT2D eigenvalue weighted by atomic mass is 10.4. The quantitative estimate of drug-likeness (QED) is 0.844. The lowest BCUT2D eigenvalue weighted by molar-refractivity contribution is 0.358. The fraction of sp³-hybridized carbons (Fsp3) is 0.667. The van der Waals surface area contributed by atoms with Gasteiger partial charge in [-0.05, 0) is 13.8 Å². The van der Waals surface area contributed by atoms with Crippen molar-refractivity contribution in [1.82, 2.24) is 14.8 Å². The van der Waals surface area contributed by atoms with Crippen LogP contribution in [0.25, 0.3) is 0 Å². The van der Waals surface area contributed by atoms with Crippen LogP contribution >= 0.6 is 12.4 Å². The molecule has 98 valence electrons. The molecule has 8 heteroatoms. The third-order valence-corrected chi connectivity index (χ3v) is 4.79. The zero-order chi connectivity index (χ0) is 11.8. The van der Waals surface area contributed by atoms with E-state index >= 15 is 0 Å². The molecular formula is C9H16ClN3O3S. The minimum Gasteiger partial charge on any atom is -0.360 e. The summed E-state index contributed by atoms with van der Waals surface area (Å²) in [7, 11) is -3.44. The van der Waals surface area contributed by atoms with Crippen molar-refractivity contribution in [2.45, 2.75) is 18.7 Å². The first-order chi connectivity index (χ1) is 7.53. The summed E-state index contributed by atoms with van der Waals surface area (Å²) in [5.74, 6) is 0.357. The summed E-state index contributed by atoms with van der Waals surface area (Å²) in [5.41, 5.74) is 0.427. The van der Waals surface area contributed by atoms with Gasteiger partial charge < -0.3 is 9.84 Å². The molecule has 1 saturated heterocycles. The highest BCUT2D eigenvalue weighted by Gasteiger charge is 2.31. The van der Waals surface area contributed by atoms with Gasteiger partial charge in [-0.2, -0.15) is 4.31 Å². The Balaban J connectivity index is 0.00000144. The van der Waals surface area contributed by atoms with Crippen LogP contribution in [0.15, 0.2) is 9.42 Å². The molecule has 0 saturated carbocycles. The average molecular weight is 282 g/mol. The van der Waals surface area contributed by atoms with Crippen LogP contribution in [0.3, 0.4) is 0 Å². The number of sulfonamides is 1. The number of piperazine rings is 1. The number of aryl methyl sites for hydroxylation is 2. The second-order valence-electron chi connectivity index (χ2n) is 3.81. The van der Waals surface area contributed by atoms with Crippen molar-refractivity contribution < 1.29 is 12.9 Å². The Hall–Kier alpha value is -0.630. The molecule has 1 N–H and O–H groups in total. The zero-order valence-corrected chi connectivity index (χ0v) is 11.4. The number of aromatic nitrogens is 1. The van der Waals surface area contributed by atoms with Gasteiger partial charge in [0.1, 0.15) is 10.6 Å². The van der Waals surface area contributed by atoms with Gasteiger partial charge in [-0.1, -0.05) is 5.16 Å². The first-order valence-electron chi connectivity index (χ1n) is 5.17. The maximum atomic E-state index is 12.3. The van der Waals surface area contributed by atoms with Crippen molar-refractivity contribution in [2.75, 3.05) is 26.2 Å². The maximum Gasteiger partial charge on any atom is 0.248 e. The Kier molecular flexibility index (Phi) is 4.54. The van der Waals surface area contributed by atoms with E-state index in [1.54, 1.807) is 13.8 Å². The van der Waals surface area contributed by atoms with Crippen LogP contribution in [-0.4, -0.2) is 44.1 Å². The Morgan fingerprint density at radius 2 is 1.88 bits per heavy atom. The molecule has 0 spiro atoms. The van der Waals surface area contributed by atoms with Gasteiger partial charge in [-0.3, -0.25) is 0 Å². The van der Waals surface area contributed by atoms with E-state index in [2.05, 4.69) is 10.5 Å². The molecule has 6 nitrogen and oxygen atoms in total. The van der Waals surface area contributed by atoms with Gasteiger partial charge in [-0.25, -0.2) is 8.42 Å².